The molecule has 0 radical (unpaired) electrons. The molecule has 4 heteroatoms. The van der Waals surface area contributed by atoms with Gasteiger partial charge in [0.05, 0.1) is 5.56 Å². The number of amides is 1. The maximum Gasteiger partial charge on any atom is 0.253 e. The molecule has 3 saturated carbocycles. The van der Waals surface area contributed by atoms with Gasteiger partial charge in [-0.3, -0.25) is 4.79 Å². The molecule has 1 heterocycles. The zero-order chi connectivity index (χ0) is 18.3. The van der Waals surface area contributed by atoms with Crippen molar-refractivity contribution in [2.75, 3.05) is 6.54 Å². The van der Waals surface area contributed by atoms with Crippen LogP contribution in [0.3, 0.4) is 0 Å². The van der Waals surface area contributed by atoms with E-state index in [4.69, 9.17) is 0 Å². The summed E-state index contributed by atoms with van der Waals surface area (Å²) in [6.45, 7) is 6.24. The highest BCUT2D eigenvalue weighted by molar-refractivity contribution is 6.40. The molecule has 2 bridgehead atoms. The van der Waals surface area contributed by atoms with E-state index in [1.165, 1.54) is 49.5 Å². The quantitative estimate of drug-likeness (QED) is 0.826. The van der Waals surface area contributed by atoms with Crippen molar-refractivity contribution in [2.24, 2.45) is 17.3 Å². The molecule has 1 N–H and O–H groups in total. The van der Waals surface area contributed by atoms with Crippen molar-refractivity contribution >= 4 is 30.1 Å². The first-order valence-corrected chi connectivity index (χ1v) is 10.3. The van der Waals surface area contributed by atoms with E-state index in [1.54, 1.807) is 0 Å². The van der Waals surface area contributed by atoms with E-state index in [9.17, 15) is 4.79 Å². The summed E-state index contributed by atoms with van der Waals surface area (Å²) in [4.78, 5) is 13.1. The average molecular weight is 350 g/mol. The van der Waals surface area contributed by atoms with Gasteiger partial charge in [-0.1, -0.05) is 31.4 Å². The summed E-state index contributed by atoms with van der Waals surface area (Å²) < 4.78 is 2.26. The lowest BCUT2D eigenvalue weighted by Gasteiger charge is -2.46. The molecule has 1 aromatic heterocycles. The van der Waals surface area contributed by atoms with Gasteiger partial charge in [-0.25, -0.2) is 0 Å². The molecular formula is C22H31BN2O. The van der Waals surface area contributed by atoms with E-state index in [2.05, 4.69) is 56.0 Å². The maximum atomic E-state index is 13.1. The third-order valence-electron chi connectivity index (χ3n) is 6.79. The Morgan fingerprint density at radius 1 is 1.27 bits per heavy atom. The maximum absolute atomic E-state index is 13.1. The summed E-state index contributed by atoms with van der Waals surface area (Å²) in [5, 5.41) is 4.44. The third-order valence-corrected chi connectivity index (χ3v) is 6.79. The van der Waals surface area contributed by atoms with Crippen molar-refractivity contribution in [3.05, 3.63) is 30.0 Å². The van der Waals surface area contributed by atoms with Crippen LogP contribution in [0, 0.1) is 17.3 Å². The number of benzene rings is 1. The second kappa shape index (κ2) is 6.79. The van der Waals surface area contributed by atoms with Crippen LogP contribution in [0.15, 0.2) is 24.4 Å². The van der Waals surface area contributed by atoms with E-state index < -0.39 is 0 Å². The molecule has 3 nitrogen and oxygen atoms in total. The highest BCUT2D eigenvalue weighted by Gasteiger charge is 2.40. The van der Waals surface area contributed by atoms with E-state index in [0.717, 1.165) is 30.0 Å². The summed E-state index contributed by atoms with van der Waals surface area (Å²) in [5.74, 6) is 1.62. The predicted molar refractivity (Wildman–Crippen MR) is 111 cm³/mol. The Balaban J connectivity index is 1.58. The van der Waals surface area contributed by atoms with Crippen molar-refractivity contribution < 1.29 is 4.79 Å². The number of carbonyl (C=O) groups is 1. The molecule has 0 aliphatic heterocycles. The topological polar surface area (TPSA) is 34.0 Å². The van der Waals surface area contributed by atoms with Gasteiger partial charge in [0, 0.05) is 30.2 Å². The van der Waals surface area contributed by atoms with Crippen molar-refractivity contribution in [1.29, 1.82) is 0 Å². The number of fused-ring (bicyclic) bond motifs is 4. The van der Waals surface area contributed by atoms with Crippen LogP contribution in [0.5, 0.6) is 0 Å². The van der Waals surface area contributed by atoms with Crippen LogP contribution >= 0.6 is 0 Å². The van der Waals surface area contributed by atoms with E-state index in [-0.39, 0.29) is 5.91 Å². The van der Waals surface area contributed by atoms with Gasteiger partial charge < -0.3 is 9.88 Å². The fourth-order valence-electron chi connectivity index (χ4n) is 5.22. The monoisotopic (exact) mass is 350 g/mol. The van der Waals surface area contributed by atoms with Crippen molar-refractivity contribution in [3.63, 3.8) is 0 Å². The van der Waals surface area contributed by atoms with Gasteiger partial charge in [0.25, 0.3) is 5.91 Å². The van der Waals surface area contributed by atoms with Gasteiger partial charge in [-0.2, -0.15) is 0 Å². The Bertz CT molecular complexity index is 801. The minimum absolute atomic E-state index is 0.105. The molecule has 3 aliphatic carbocycles. The van der Waals surface area contributed by atoms with Gasteiger partial charge in [0.1, 0.15) is 7.85 Å². The standard InChI is InChI=1S/C22H31BN2O/c1-15(2)12-25-13-17(20-18(23)4-3-5-19(20)25)21(26)24-14-22-9-6-16(7-10-22)8-11-22/h3-5,13,15-16H,6-12,14,23H2,1-2H3,(H,24,26). The molecule has 1 amide bonds. The fraction of sp³-hybridized carbons (Fsp3) is 0.591. The summed E-state index contributed by atoms with van der Waals surface area (Å²) in [7, 11) is 2.11. The third kappa shape index (κ3) is 3.19. The predicted octanol–water partition coefficient (Wildman–Crippen LogP) is 3.26. The summed E-state index contributed by atoms with van der Waals surface area (Å²) in [6.07, 6.45) is 10.1. The van der Waals surface area contributed by atoms with E-state index in [0.29, 0.717) is 11.3 Å². The summed E-state index contributed by atoms with van der Waals surface area (Å²) >= 11 is 0. The van der Waals surface area contributed by atoms with E-state index in [1.807, 2.05) is 0 Å². The number of carbonyl (C=O) groups excluding carboxylic acids is 1. The van der Waals surface area contributed by atoms with Crippen LogP contribution in [-0.4, -0.2) is 24.9 Å². The van der Waals surface area contributed by atoms with Gasteiger partial charge >= 0.3 is 0 Å². The van der Waals surface area contributed by atoms with Crippen LogP contribution in [0.2, 0.25) is 0 Å². The van der Waals surface area contributed by atoms with Crippen LogP contribution < -0.4 is 10.8 Å². The first-order chi connectivity index (χ1) is 12.5. The number of nitrogens with one attached hydrogen (secondary N) is 1. The molecule has 1 aromatic carbocycles. The van der Waals surface area contributed by atoms with Crippen LogP contribution in [0.4, 0.5) is 0 Å². The zero-order valence-electron chi connectivity index (χ0n) is 16.5. The zero-order valence-corrected chi connectivity index (χ0v) is 16.5. The molecule has 5 rings (SSSR count). The number of hydrogen-bond donors (Lipinski definition) is 1. The number of aromatic nitrogens is 1. The average Bonchev–Trinajstić information content (AvgIpc) is 3.01. The Morgan fingerprint density at radius 3 is 2.62 bits per heavy atom. The molecule has 0 spiro atoms. The normalized spacial score (nSPS) is 25.1. The second-order valence-electron chi connectivity index (χ2n) is 9.22. The first kappa shape index (κ1) is 17.7. The largest absolute Gasteiger partial charge is 0.351 e. The molecule has 0 atom stereocenters. The SMILES string of the molecule is Bc1cccc2c1c(C(=O)NCC13CCC(CC1)CC3)cn2CC(C)C. The minimum Gasteiger partial charge on any atom is -0.351 e. The van der Waals surface area contributed by atoms with Crippen molar-refractivity contribution in [1.82, 2.24) is 9.88 Å². The Kier molecular flexibility index (Phi) is 4.62. The fourth-order valence-corrected chi connectivity index (χ4v) is 5.22. The number of hydrogen-bond acceptors (Lipinski definition) is 1. The molecule has 138 valence electrons. The molecular weight excluding hydrogens is 319 g/mol. The van der Waals surface area contributed by atoms with Gasteiger partial charge in [-0.05, 0) is 61.8 Å². The van der Waals surface area contributed by atoms with Crippen LogP contribution in [-0.2, 0) is 6.54 Å². The minimum atomic E-state index is 0.105. The Morgan fingerprint density at radius 2 is 1.96 bits per heavy atom. The molecule has 3 fully saturated rings. The lowest BCUT2D eigenvalue weighted by Crippen LogP contribution is -2.43. The number of nitrogens with zero attached hydrogens (tertiary/aromatic N) is 1. The van der Waals surface area contributed by atoms with Crippen LogP contribution in [0.1, 0.15) is 62.7 Å². The van der Waals surface area contributed by atoms with Crippen LogP contribution in [0.25, 0.3) is 10.9 Å². The second-order valence-corrected chi connectivity index (χ2v) is 9.22. The molecule has 0 unspecified atom stereocenters. The van der Waals surface area contributed by atoms with E-state index >= 15 is 0 Å². The Labute approximate surface area is 157 Å². The van der Waals surface area contributed by atoms with Crippen molar-refractivity contribution in [2.45, 2.75) is 58.9 Å². The van der Waals surface area contributed by atoms with Gasteiger partial charge in [-0.15, -0.1) is 0 Å². The number of rotatable bonds is 5. The summed E-state index contributed by atoms with van der Waals surface area (Å²) in [6, 6.07) is 6.35. The van der Waals surface area contributed by atoms with Crippen molar-refractivity contribution in [3.8, 4) is 0 Å². The summed E-state index contributed by atoms with van der Waals surface area (Å²) in [5.41, 5.74) is 3.58. The highest BCUT2D eigenvalue weighted by Crippen LogP contribution is 2.49. The van der Waals surface area contributed by atoms with Gasteiger partial charge in [0.15, 0.2) is 0 Å². The molecule has 3 aliphatic rings. The lowest BCUT2D eigenvalue weighted by molar-refractivity contribution is 0.0598. The first-order valence-electron chi connectivity index (χ1n) is 10.3. The Hall–Kier alpha value is -1.71. The molecule has 26 heavy (non-hydrogen) atoms. The lowest BCUT2D eigenvalue weighted by atomic mass is 9.61. The van der Waals surface area contributed by atoms with Gasteiger partial charge in [0.2, 0.25) is 0 Å². The molecule has 2 aromatic rings. The smallest absolute Gasteiger partial charge is 0.253 e. The molecule has 0 saturated heterocycles. The highest BCUT2D eigenvalue weighted by atomic mass is 16.1.